The molecule has 2 fully saturated rings. The summed E-state index contributed by atoms with van der Waals surface area (Å²) in [5.74, 6) is 0.588. The van der Waals surface area contributed by atoms with Gasteiger partial charge >= 0.3 is 0 Å². The predicted octanol–water partition coefficient (Wildman–Crippen LogP) is 2.60. The first-order valence-corrected chi connectivity index (χ1v) is 7.79. The van der Waals surface area contributed by atoms with Gasteiger partial charge in [0.05, 0.1) is 0 Å². The molecule has 0 aromatic rings. The van der Waals surface area contributed by atoms with Gasteiger partial charge in [0.2, 0.25) is 5.91 Å². The zero-order valence-corrected chi connectivity index (χ0v) is 11.7. The molecule has 1 aliphatic heterocycles. The summed E-state index contributed by atoms with van der Waals surface area (Å²) in [6.07, 6.45) is 11.0. The largest absolute Gasteiger partial charge is 0.354 e. The van der Waals surface area contributed by atoms with Crippen molar-refractivity contribution in [1.29, 1.82) is 0 Å². The molecule has 2 unspecified atom stereocenters. The minimum Gasteiger partial charge on any atom is -0.354 e. The van der Waals surface area contributed by atoms with E-state index in [1.807, 2.05) is 0 Å². The van der Waals surface area contributed by atoms with Gasteiger partial charge < -0.3 is 10.6 Å². The standard InChI is InChI=1S/C15H28N2O/c1-12-7-6-10-14(17-12)11-16-15(18)13-8-4-2-3-5-9-13/h12-14,17H,2-11H2,1H3,(H,16,18). The molecule has 0 aromatic heterocycles. The molecule has 3 heteroatoms. The smallest absolute Gasteiger partial charge is 0.223 e. The van der Waals surface area contributed by atoms with E-state index in [1.54, 1.807) is 0 Å². The molecule has 0 spiro atoms. The van der Waals surface area contributed by atoms with Gasteiger partial charge in [-0.3, -0.25) is 4.79 Å². The Labute approximate surface area is 111 Å². The normalized spacial score (nSPS) is 30.7. The second kappa shape index (κ2) is 7.13. The molecule has 3 nitrogen and oxygen atoms in total. The Morgan fingerprint density at radius 2 is 1.78 bits per heavy atom. The van der Waals surface area contributed by atoms with Gasteiger partial charge in [-0.2, -0.15) is 0 Å². The fraction of sp³-hybridized carbons (Fsp3) is 0.933. The molecule has 104 valence electrons. The van der Waals surface area contributed by atoms with Crippen LogP contribution in [0.3, 0.4) is 0 Å². The fourth-order valence-electron chi connectivity index (χ4n) is 3.31. The molecule has 0 radical (unpaired) electrons. The maximum absolute atomic E-state index is 12.1. The fourth-order valence-corrected chi connectivity index (χ4v) is 3.31. The third-order valence-corrected chi connectivity index (χ3v) is 4.46. The minimum absolute atomic E-state index is 0.286. The summed E-state index contributed by atoms with van der Waals surface area (Å²) in [5, 5.41) is 6.74. The SMILES string of the molecule is CC1CCCC(CNC(=O)C2CCCCCC2)N1. The highest BCUT2D eigenvalue weighted by molar-refractivity contribution is 5.78. The van der Waals surface area contributed by atoms with Gasteiger partial charge in [-0.1, -0.05) is 32.1 Å². The van der Waals surface area contributed by atoms with Gasteiger partial charge in [-0.05, 0) is 32.6 Å². The monoisotopic (exact) mass is 252 g/mol. The van der Waals surface area contributed by atoms with E-state index in [0.717, 1.165) is 19.4 Å². The number of rotatable bonds is 3. The van der Waals surface area contributed by atoms with Crippen LogP contribution >= 0.6 is 0 Å². The first-order chi connectivity index (χ1) is 8.75. The number of carbonyl (C=O) groups is 1. The number of carbonyl (C=O) groups excluding carboxylic acids is 1. The van der Waals surface area contributed by atoms with Gasteiger partial charge in [-0.15, -0.1) is 0 Å². The molecular weight excluding hydrogens is 224 g/mol. The molecule has 1 saturated heterocycles. The summed E-state index contributed by atoms with van der Waals surface area (Å²) in [6.45, 7) is 3.05. The second-order valence-electron chi connectivity index (χ2n) is 6.13. The van der Waals surface area contributed by atoms with Crippen LogP contribution in [0.4, 0.5) is 0 Å². The van der Waals surface area contributed by atoms with Crippen LogP contribution < -0.4 is 10.6 Å². The Bertz CT molecular complexity index is 259. The molecule has 2 N–H and O–H groups in total. The molecule has 2 atom stereocenters. The van der Waals surface area contributed by atoms with Crippen LogP contribution in [0, 0.1) is 5.92 Å². The summed E-state index contributed by atoms with van der Waals surface area (Å²) < 4.78 is 0. The van der Waals surface area contributed by atoms with Gasteiger partial charge in [0.25, 0.3) is 0 Å². The molecule has 1 heterocycles. The van der Waals surface area contributed by atoms with Gasteiger partial charge in [0.15, 0.2) is 0 Å². The molecule has 2 rings (SSSR count). The average Bonchev–Trinajstić information content (AvgIpc) is 2.65. The summed E-state index contributed by atoms with van der Waals surface area (Å²) in [5.41, 5.74) is 0. The maximum atomic E-state index is 12.1. The minimum atomic E-state index is 0.286. The third-order valence-electron chi connectivity index (χ3n) is 4.46. The topological polar surface area (TPSA) is 41.1 Å². The van der Waals surface area contributed by atoms with Gasteiger partial charge in [0, 0.05) is 24.5 Å². The molecule has 0 bridgehead atoms. The van der Waals surface area contributed by atoms with Gasteiger partial charge in [0.1, 0.15) is 0 Å². The lowest BCUT2D eigenvalue weighted by Gasteiger charge is -2.29. The Morgan fingerprint density at radius 1 is 1.06 bits per heavy atom. The van der Waals surface area contributed by atoms with E-state index < -0.39 is 0 Å². The molecule has 18 heavy (non-hydrogen) atoms. The number of piperidine rings is 1. The van der Waals surface area contributed by atoms with Gasteiger partial charge in [-0.25, -0.2) is 0 Å². The van der Waals surface area contributed by atoms with E-state index in [-0.39, 0.29) is 5.92 Å². The van der Waals surface area contributed by atoms with Crippen LogP contribution in [-0.4, -0.2) is 24.5 Å². The van der Waals surface area contributed by atoms with E-state index >= 15 is 0 Å². The number of amides is 1. The highest BCUT2D eigenvalue weighted by Gasteiger charge is 2.22. The molecule has 1 aliphatic carbocycles. The maximum Gasteiger partial charge on any atom is 0.223 e. The highest BCUT2D eigenvalue weighted by atomic mass is 16.1. The molecular formula is C15H28N2O. The van der Waals surface area contributed by atoms with Crippen molar-refractivity contribution in [2.75, 3.05) is 6.54 Å². The van der Waals surface area contributed by atoms with Crippen molar-refractivity contribution >= 4 is 5.91 Å². The number of hydrogen-bond donors (Lipinski definition) is 2. The Kier molecular flexibility index (Phi) is 5.48. The van der Waals surface area contributed by atoms with Crippen molar-refractivity contribution in [3.05, 3.63) is 0 Å². The zero-order chi connectivity index (χ0) is 12.8. The molecule has 1 amide bonds. The average molecular weight is 252 g/mol. The van der Waals surface area contributed by atoms with Crippen LogP contribution in [-0.2, 0) is 4.79 Å². The van der Waals surface area contributed by atoms with Crippen molar-refractivity contribution in [1.82, 2.24) is 10.6 Å². The van der Waals surface area contributed by atoms with Crippen LogP contribution in [0.5, 0.6) is 0 Å². The van der Waals surface area contributed by atoms with Crippen molar-refractivity contribution in [3.8, 4) is 0 Å². The summed E-state index contributed by atoms with van der Waals surface area (Å²) >= 11 is 0. The first kappa shape index (κ1) is 13.9. The zero-order valence-electron chi connectivity index (χ0n) is 11.7. The summed E-state index contributed by atoms with van der Waals surface area (Å²) in [6, 6.07) is 1.10. The van der Waals surface area contributed by atoms with E-state index in [1.165, 1.54) is 44.9 Å². The lowest BCUT2D eigenvalue weighted by Crippen LogP contribution is -2.48. The second-order valence-corrected chi connectivity index (χ2v) is 6.13. The molecule has 0 aromatic carbocycles. The highest BCUT2D eigenvalue weighted by Crippen LogP contribution is 2.23. The lowest BCUT2D eigenvalue weighted by molar-refractivity contribution is -0.125. The van der Waals surface area contributed by atoms with Crippen molar-refractivity contribution in [3.63, 3.8) is 0 Å². The Balaban J connectivity index is 1.70. The predicted molar refractivity (Wildman–Crippen MR) is 74.4 cm³/mol. The number of hydrogen-bond acceptors (Lipinski definition) is 2. The lowest BCUT2D eigenvalue weighted by atomic mass is 9.97. The van der Waals surface area contributed by atoms with Crippen molar-refractivity contribution in [2.24, 2.45) is 5.92 Å². The Morgan fingerprint density at radius 3 is 2.44 bits per heavy atom. The van der Waals surface area contributed by atoms with Crippen LogP contribution in [0.1, 0.15) is 64.7 Å². The van der Waals surface area contributed by atoms with E-state index in [4.69, 9.17) is 0 Å². The Hall–Kier alpha value is -0.570. The van der Waals surface area contributed by atoms with Crippen molar-refractivity contribution in [2.45, 2.75) is 76.8 Å². The summed E-state index contributed by atoms with van der Waals surface area (Å²) in [4.78, 5) is 12.1. The molecule has 2 aliphatic rings. The number of nitrogens with one attached hydrogen (secondary N) is 2. The quantitative estimate of drug-likeness (QED) is 0.758. The van der Waals surface area contributed by atoms with Crippen molar-refractivity contribution < 1.29 is 4.79 Å². The van der Waals surface area contributed by atoms with E-state index in [2.05, 4.69) is 17.6 Å². The van der Waals surface area contributed by atoms with Crippen LogP contribution in [0.25, 0.3) is 0 Å². The van der Waals surface area contributed by atoms with Crippen LogP contribution in [0.15, 0.2) is 0 Å². The van der Waals surface area contributed by atoms with E-state index in [9.17, 15) is 4.79 Å². The molecule has 1 saturated carbocycles. The summed E-state index contributed by atoms with van der Waals surface area (Å²) in [7, 11) is 0. The van der Waals surface area contributed by atoms with E-state index in [0.29, 0.717) is 18.0 Å². The van der Waals surface area contributed by atoms with Crippen LogP contribution in [0.2, 0.25) is 0 Å². The third kappa shape index (κ3) is 4.27. The first-order valence-electron chi connectivity index (χ1n) is 7.79.